The normalized spacial score (nSPS) is 18.4. The number of allylic oxidation sites excluding steroid dienone is 2. The molecule has 3 N–H and O–H groups in total. The van der Waals surface area contributed by atoms with Crippen molar-refractivity contribution in [1.82, 2.24) is 0 Å². The number of methoxy groups -OCH3 is 1. The van der Waals surface area contributed by atoms with Crippen LogP contribution in [0.3, 0.4) is 0 Å². The third kappa shape index (κ3) is 5.91. The van der Waals surface area contributed by atoms with Crippen LogP contribution in [0.5, 0.6) is 5.75 Å². The Labute approximate surface area is 191 Å². The average molecular weight is 455 g/mol. The van der Waals surface area contributed by atoms with Gasteiger partial charge in [0.05, 0.1) is 29.9 Å². The molecule has 8 heteroatoms. The summed E-state index contributed by atoms with van der Waals surface area (Å²) < 4.78 is 5.26. The zero-order valence-corrected chi connectivity index (χ0v) is 18.7. The molecule has 0 saturated heterocycles. The molecule has 3 unspecified atom stereocenters. The van der Waals surface area contributed by atoms with Crippen molar-refractivity contribution in [2.45, 2.75) is 29.9 Å². The molecule has 0 aliphatic heterocycles. The highest BCUT2D eigenvalue weighted by Gasteiger charge is 2.33. The Hall–Kier alpha value is -3.26. The van der Waals surface area contributed by atoms with Gasteiger partial charge in [-0.3, -0.25) is 14.4 Å². The number of hydrogen-bond acceptors (Lipinski definition) is 5. The Morgan fingerprint density at radius 1 is 1.00 bits per heavy atom. The third-order valence-electron chi connectivity index (χ3n) is 5.26. The monoisotopic (exact) mass is 454 g/mol. The van der Waals surface area contributed by atoms with Gasteiger partial charge in [-0.25, -0.2) is 0 Å². The molecular weight excluding hydrogens is 428 g/mol. The minimum absolute atomic E-state index is 0.151. The molecule has 32 heavy (non-hydrogen) atoms. The van der Waals surface area contributed by atoms with Crippen LogP contribution in [0.4, 0.5) is 11.4 Å². The van der Waals surface area contributed by atoms with Crippen LogP contribution < -0.4 is 15.4 Å². The summed E-state index contributed by atoms with van der Waals surface area (Å²) in [6.07, 6.45) is 4.42. The Kier molecular flexibility index (Phi) is 7.94. The molecule has 2 aromatic carbocycles. The Balaban J connectivity index is 1.57. The van der Waals surface area contributed by atoms with Crippen LogP contribution in [0.25, 0.3) is 0 Å². The van der Waals surface area contributed by atoms with Crippen molar-refractivity contribution >= 4 is 40.9 Å². The Morgan fingerprint density at radius 2 is 1.66 bits per heavy atom. The second-order valence-corrected chi connectivity index (χ2v) is 8.87. The molecule has 0 fully saturated rings. The lowest BCUT2D eigenvalue weighted by molar-refractivity contribution is -0.146. The number of carbonyl (C=O) groups is 3. The predicted octanol–water partition coefficient (Wildman–Crippen LogP) is 4.42. The van der Waals surface area contributed by atoms with E-state index in [1.54, 1.807) is 37.5 Å². The quantitative estimate of drug-likeness (QED) is 0.403. The number of anilines is 2. The van der Waals surface area contributed by atoms with Crippen LogP contribution in [0.2, 0.25) is 0 Å². The van der Waals surface area contributed by atoms with Crippen molar-refractivity contribution in [2.24, 2.45) is 11.8 Å². The van der Waals surface area contributed by atoms with Gasteiger partial charge in [0.1, 0.15) is 5.75 Å². The van der Waals surface area contributed by atoms with Crippen molar-refractivity contribution in [3.8, 4) is 5.75 Å². The average Bonchev–Trinajstić information content (AvgIpc) is 2.80. The minimum Gasteiger partial charge on any atom is -0.495 e. The number of hydrogen-bond donors (Lipinski definition) is 3. The molecule has 3 atom stereocenters. The van der Waals surface area contributed by atoms with Crippen molar-refractivity contribution < 1.29 is 24.2 Å². The molecule has 0 heterocycles. The molecule has 0 spiro atoms. The van der Waals surface area contributed by atoms with E-state index in [1.165, 1.54) is 11.8 Å². The Bertz CT molecular complexity index is 1010. The number of aliphatic carboxylic acids is 1. The predicted molar refractivity (Wildman–Crippen MR) is 125 cm³/mol. The number of carbonyl (C=O) groups excluding carboxylic acids is 2. The number of benzene rings is 2. The number of amides is 2. The van der Waals surface area contributed by atoms with Crippen LogP contribution in [0, 0.1) is 11.8 Å². The van der Waals surface area contributed by atoms with Crippen molar-refractivity contribution in [1.29, 1.82) is 0 Å². The number of ether oxygens (including phenoxy) is 1. The summed E-state index contributed by atoms with van der Waals surface area (Å²) in [7, 11) is 1.55. The highest BCUT2D eigenvalue weighted by Crippen LogP contribution is 2.30. The van der Waals surface area contributed by atoms with Crippen LogP contribution in [0.15, 0.2) is 65.6 Å². The lowest BCUT2D eigenvalue weighted by Gasteiger charge is -2.24. The molecule has 0 saturated carbocycles. The van der Waals surface area contributed by atoms with Crippen LogP contribution in [-0.4, -0.2) is 35.2 Å². The second-order valence-electron chi connectivity index (χ2n) is 7.46. The van der Waals surface area contributed by atoms with Crippen LogP contribution >= 0.6 is 11.8 Å². The SMILES string of the molecule is COc1ccccc1NC(=O)C(C)Sc1ccc(NC(=O)C2CC=CCC2C(=O)O)cc1. The first kappa shape index (κ1) is 23.4. The van der Waals surface area contributed by atoms with Gasteiger partial charge in [-0.05, 0) is 56.2 Å². The van der Waals surface area contributed by atoms with Crippen LogP contribution in [-0.2, 0) is 14.4 Å². The van der Waals surface area contributed by atoms with E-state index in [-0.39, 0.29) is 17.1 Å². The van der Waals surface area contributed by atoms with Gasteiger partial charge < -0.3 is 20.5 Å². The van der Waals surface area contributed by atoms with Gasteiger partial charge in [-0.1, -0.05) is 24.3 Å². The summed E-state index contributed by atoms with van der Waals surface area (Å²) in [6.45, 7) is 1.81. The molecule has 0 bridgehead atoms. The van der Waals surface area contributed by atoms with Gasteiger partial charge in [-0.2, -0.15) is 0 Å². The summed E-state index contributed by atoms with van der Waals surface area (Å²) in [5.41, 5.74) is 1.20. The summed E-state index contributed by atoms with van der Waals surface area (Å²) >= 11 is 1.39. The van der Waals surface area contributed by atoms with Crippen LogP contribution in [0.1, 0.15) is 19.8 Å². The number of para-hydroxylation sites is 2. The van der Waals surface area contributed by atoms with E-state index in [4.69, 9.17) is 4.74 Å². The van der Waals surface area contributed by atoms with Gasteiger partial charge >= 0.3 is 5.97 Å². The third-order valence-corrected chi connectivity index (χ3v) is 6.37. The van der Waals surface area contributed by atoms with E-state index in [0.717, 1.165) is 4.90 Å². The molecule has 0 radical (unpaired) electrons. The van der Waals surface area contributed by atoms with Gasteiger partial charge in [0.15, 0.2) is 0 Å². The molecule has 2 amide bonds. The van der Waals surface area contributed by atoms with Gasteiger partial charge in [0, 0.05) is 10.6 Å². The number of rotatable bonds is 8. The summed E-state index contributed by atoms with van der Waals surface area (Å²) in [6, 6.07) is 14.4. The summed E-state index contributed by atoms with van der Waals surface area (Å²) in [4.78, 5) is 37.4. The number of carboxylic acids is 1. The maximum absolute atomic E-state index is 12.6. The topological polar surface area (TPSA) is 105 Å². The zero-order valence-electron chi connectivity index (χ0n) is 17.9. The largest absolute Gasteiger partial charge is 0.495 e. The molecule has 168 valence electrons. The maximum Gasteiger partial charge on any atom is 0.307 e. The fraction of sp³-hybridized carbons (Fsp3) is 0.292. The first-order valence-electron chi connectivity index (χ1n) is 10.3. The lowest BCUT2D eigenvalue weighted by atomic mass is 9.82. The van der Waals surface area contributed by atoms with Crippen molar-refractivity contribution in [3.63, 3.8) is 0 Å². The highest BCUT2D eigenvalue weighted by molar-refractivity contribution is 8.00. The summed E-state index contributed by atoms with van der Waals surface area (Å²) in [5.74, 6) is -2.12. The summed E-state index contributed by atoms with van der Waals surface area (Å²) in [5, 5.41) is 14.7. The lowest BCUT2D eigenvalue weighted by Crippen LogP contribution is -2.34. The minimum atomic E-state index is -0.957. The number of carboxylic acid groups (broad SMARTS) is 1. The highest BCUT2D eigenvalue weighted by atomic mass is 32.2. The molecule has 7 nitrogen and oxygen atoms in total. The van der Waals surface area contributed by atoms with E-state index < -0.39 is 17.8 Å². The van der Waals surface area contributed by atoms with E-state index in [2.05, 4.69) is 10.6 Å². The standard InChI is InChI=1S/C24H26N2O5S/c1-15(22(27)26-20-9-5-6-10-21(20)31-2)32-17-13-11-16(12-14-17)25-23(28)18-7-3-4-8-19(18)24(29)30/h3-6,9-15,18-19H,7-8H2,1-2H3,(H,25,28)(H,26,27)(H,29,30). The van der Waals surface area contributed by atoms with Gasteiger partial charge in [0.2, 0.25) is 11.8 Å². The van der Waals surface area contributed by atoms with E-state index >= 15 is 0 Å². The maximum atomic E-state index is 12.6. The smallest absolute Gasteiger partial charge is 0.307 e. The van der Waals surface area contributed by atoms with E-state index in [0.29, 0.717) is 30.0 Å². The van der Waals surface area contributed by atoms with Gasteiger partial charge in [0.25, 0.3) is 0 Å². The van der Waals surface area contributed by atoms with E-state index in [9.17, 15) is 19.5 Å². The number of thioether (sulfide) groups is 1. The molecule has 3 rings (SSSR count). The molecule has 1 aliphatic rings. The second kappa shape index (κ2) is 10.9. The molecule has 2 aromatic rings. The van der Waals surface area contributed by atoms with Crippen molar-refractivity contribution in [3.05, 3.63) is 60.7 Å². The molecular formula is C24H26N2O5S. The van der Waals surface area contributed by atoms with Crippen molar-refractivity contribution in [2.75, 3.05) is 17.7 Å². The van der Waals surface area contributed by atoms with Gasteiger partial charge in [-0.15, -0.1) is 11.8 Å². The zero-order chi connectivity index (χ0) is 23.1. The Morgan fingerprint density at radius 3 is 2.31 bits per heavy atom. The number of nitrogens with one attached hydrogen (secondary N) is 2. The first-order valence-corrected chi connectivity index (χ1v) is 11.2. The van der Waals surface area contributed by atoms with E-state index in [1.807, 2.05) is 37.3 Å². The molecule has 0 aromatic heterocycles. The fourth-order valence-corrected chi connectivity index (χ4v) is 4.34. The first-order chi connectivity index (χ1) is 15.4. The fourth-order valence-electron chi connectivity index (χ4n) is 3.47. The molecule has 1 aliphatic carbocycles.